The lowest BCUT2D eigenvalue weighted by Crippen LogP contribution is -2.01. The topological polar surface area (TPSA) is 37.0 Å². The van der Waals surface area contributed by atoms with Crippen LogP contribution in [-0.4, -0.2) is 18.1 Å². The van der Waals surface area contributed by atoms with Gasteiger partial charge in [0.15, 0.2) is 0 Å². The van der Waals surface area contributed by atoms with Crippen molar-refractivity contribution in [2.75, 3.05) is 17.7 Å². The van der Waals surface area contributed by atoms with Crippen LogP contribution in [0.1, 0.15) is 12.8 Å². The van der Waals surface area contributed by atoms with Crippen molar-refractivity contribution in [3.05, 3.63) is 18.3 Å². The highest BCUT2D eigenvalue weighted by Gasteiger charge is 2.20. The van der Waals surface area contributed by atoms with Gasteiger partial charge < -0.3 is 10.6 Å². The third-order valence-electron chi connectivity index (χ3n) is 1.96. The quantitative estimate of drug-likeness (QED) is 0.712. The highest BCUT2D eigenvalue weighted by Crippen LogP contribution is 2.24. The smallest absolute Gasteiger partial charge is 0.127 e. The van der Waals surface area contributed by atoms with Crippen molar-refractivity contribution in [2.24, 2.45) is 0 Å². The predicted molar refractivity (Wildman–Crippen MR) is 50.4 cm³/mol. The Labute approximate surface area is 72.2 Å². The second-order valence-electron chi connectivity index (χ2n) is 3.10. The predicted octanol–water partition coefficient (Wildman–Crippen LogP) is 1.70. The van der Waals surface area contributed by atoms with Crippen molar-refractivity contribution in [1.82, 2.24) is 4.98 Å². The van der Waals surface area contributed by atoms with Crippen LogP contribution in [0.15, 0.2) is 18.3 Å². The van der Waals surface area contributed by atoms with E-state index >= 15 is 0 Å². The summed E-state index contributed by atoms with van der Waals surface area (Å²) < 4.78 is 0. The summed E-state index contributed by atoms with van der Waals surface area (Å²) in [6.45, 7) is 0. The molecular weight excluding hydrogens is 150 g/mol. The minimum absolute atomic E-state index is 0.706. The van der Waals surface area contributed by atoms with E-state index in [1.807, 2.05) is 25.4 Å². The Morgan fingerprint density at radius 3 is 3.00 bits per heavy atom. The number of rotatable bonds is 3. The van der Waals surface area contributed by atoms with Crippen LogP contribution in [0.2, 0.25) is 0 Å². The van der Waals surface area contributed by atoms with Gasteiger partial charge in [-0.1, -0.05) is 0 Å². The van der Waals surface area contributed by atoms with E-state index in [4.69, 9.17) is 0 Å². The van der Waals surface area contributed by atoms with Crippen LogP contribution in [0.3, 0.4) is 0 Å². The zero-order chi connectivity index (χ0) is 8.39. The van der Waals surface area contributed by atoms with Crippen LogP contribution < -0.4 is 10.6 Å². The second kappa shape index (κ2) is 3.01. The lowest BCUT2D eigenvalue weighted by Gasteiger charge is -2.05. The monoisotopic (exact) mass is 163 g/mol. The Bertz CT molecular complexity index is 268. The van der Waals surface area contributed by atoms with Gasteiger partial charge in [-0.05, 0) is 18.9 Å². The number of pyridine rings is 1. The van der Waals surface area contributed by atoms with Crippen molar-refractivity contribution in [1.29, 1.82) is 0 Å². The summed E-state index contributed by atoms with van der Waals surface area (Å²) in [5.41, 5.74) is 1.16. The summed E-state index contributed by atoms with van der Waals surface area (Å²) in [5.74, 6) is 0.917. The van der Waals surface area contributed by atoms with E-state index in [1.165, 1.54) is 12.8 Å². The molecule has 1 aliphatic rings. The molecule has 0 radical (unpaired) electrons. The van der Waals surface area contributed by atoms with Crippen LogP contribution in [0.5, 0.6) is 0 Å². The molecule has 0 aromatic carbocycles. The maximum absolute atomic E-state index is 4.13. The normalized spacial score (nSPS) is 15.8. The molecule has 64 valence electrons. The summed E-state index contributed by atoms with van der Waals surface area (Å²) in [6, 6.07) is 4.73. The van der Waals surface area contributed by atoms with E-state index in [0.717, 1.165) is 11.5 Å². The average molecular weight is 163 g/mol. The van der Waals surface area contributed by atoms with E-state index in [1.54, 1.807) is 0 Å². The molecule has 1 aliphatic carbocycles. The average Bonchev–Trinajstić information content (AvgIpc) is 2.89. The zero-order valence-corrected chi connectivity index (χ0v) is 7.17. The summed E-state index contributed by atoms with van der Waals surface area (Å²) >= 11 is 0. The molecule has 2 rings (SSSR count). The van der Waals surface area contributed by atoms with Crippen LogP contribution in [0, 0.1) is 0 Å². The fourth-order valence-electron chi connectivity index (χ4n) is 1.12. The molecule has 1 saturated carbocycles. The van der Waals surface area contributed by atoms with Gasteiger partial charge in [0.05, 0.1) is 0 Å². The van der Waals surface area contributed by atoms with E-state index in [9.17, 15) is 0 Å². The first-order valence-electron chi connectivity index (χ1n) is 4.29. The minimum atomic E-state index is 0.706. The largest absolute Gasteiger partial charge is 0.382 e. The molecule has 0 saturated heterocycles. The van der Waals surface area contributed by atoms with Gasteiger partial charge in [0.25, 0.3) is 0 Å². The number of nitrogens with zero attached hydrogens (tertiary/aromatic N) is 1. The molecule has 1 aromatic heterocycles. The van der Waals surface area contributed by atoms with Gasteiger partial charge >= 0.3 is 0 Å². The molecule has 2 N–H and O–H groups in total. The standard InChI is InChI=1S/C9H13N3/c1-10-9-6-8(4-5-11-9)12-7-2-3-7/h4-7H,2-3H2,1H3,(H2,10,11,12). The van der Waals surface area contributed by atoms with Gasteiger partial charge in [-0.3, -0.25) is 0 Å². The molecule has 1 heterocycles. The minimum Gasteiger partial charge on any atom is -0.382 e. The Kier molecular flexibility index (Phi) is 1.86. The maximum atomic E-state index is 4.13. The van der Waals surface area contributed by atoms with Gasteiger partial charge in [0.1, 0.15) is 5.82 Å². The van der Waals surface area contributed by atoms with Crippen LogP contribution in [0.4, 0.5) is 11.5 Å². The fraction of sp³-hybridized carbons (Fsp3) is 0.444. The third-order valence-corrected chi connectivity index (χ3v) is 1.96. The first-order valence-corrected chi connectivity index (χ1v) is 4.29. The molecule has 0 spiro atoms. The molecule has 1 aromatic rings. The lowest BCUT2D eigenvalue weighted by atomic mass is 10.4. The zero-order valence-electron chi connectivity index (χ0n) is 7.17. The summed E-state index contributed by atoms with van der Waals surface area (Å²) in [4.78, 5) is 4.13. The van der Waals surface area contributed by atoms with Gasteiger partial charge in [0.2, 0.25) is 0 Å². The van der Waals surface area contributed by atoms with Crippen LogP contribution in [-0.2, 0) is 0 Å². The van der Waals surface area contributed by atoms with E-state index in [-0.39, 0.29) is 0 Å². The summed E-state index contributed by atoms with van der Waals surface area (Å²) in [5, 5.41) is 6.42. The first-order chi connectivity index (χ1) is 5.88. The number of hydrogen-bond acceptors (Lipinski definition) is 3. The molecule has 12 heavy (non-hydrogen) atoms. The Balaban J connectivity index is 2.08. The van der Waals surface area contributed by atoms with Crippen LogP contribution in [0.25, 0.3) is 0 Å². The first kappa shape index (κ1) is 7.40. The van der Waals surface area contributed by atoms with Crippen molar-refractivity contribution in [2.45, 2.75) is 18.9 Å². The molecular formula is C9H13N3. The molecule has 3 heteroatoms. The lowest BCUT2D eigenvalue weighted by molar-refractivity contribution is 1.15. The van der Waals surface area contributed by atoms with E-state index in [0.29, 0.717) is 6.04 Å². The van der Waals surface area contributed by atoms with Crippen LogP contribution >= 0.6 is 0 Å². The Morgan fingerprint density at radius 2 is 2.33 bits per heavy atom. The highest BCUT2D eigenvalue weighted by atomic mass is 15.0. The molecule has 0 unspecified atom stereocenters. The van der Waals surface area contributed by atoms with Gasteiger partial charge in [-0.25, -0.2) is 4.98 Å². The molecule has 0 aliphatic heterocycles. The van der Waals surface area contributed by atoms with Crippen molar-refractivity contribution in [3.8, 4) is 0 Å². The van der Waals surface area contributed by atoms with Gasteiger partial charge in [-0.2, -0.15) is 0 Å². The summed E-state index contributed by atoms with van der Waals surface area (Å²) in [7, 11) is 1.88. The van der Waals surface area contributed by atoms with Crippen molar-refractivity contribution >= 4 is 11.5 Å². The summed E-state index contributed by atoms with van der Waals surface area (Å²) in [6.07, 6.45) is 4.42. The Morgan fingerprint density at radius 1 is 1.50 bits per heavy atom. The molecule has 0 atom stereocenters. The van der Waals surface area contributed by atoms with E-state index < -0.39 is 0 Å². The third kappa shape index (κ3) is 1.67. The number of aromatic nitrogens is 1. The van der Waals surface area contributed by atoms with Gasteiger partial charge in [0, 0.05) is 31.0 Å². The second-order valence-corrected chi connectivity index (χ2v) is 3.10. The van der Waals surface area contributed by atoms with Crippen molar-refractivity contribution < 1.29 is 0 Å². The number of nitrogens with one attached hydrogen (secondary N) is 2. The SMILES string of the molecule is CNc1cc(NC2CC2)ccn1. The molecule has 3 nitrogen and oxygen atoms in total. The number of hydrogen-bond donors (Lipinski definition) is 2. The fourth-order valence-corrected chi connectivity index (χ4v) is 1.12. The molecule has 0 amide bonds. The number of anilines is 2. The Hall–Kier alpha value is -1.25. The molecule has 0 bridgehead atoms. The maximum Gasteiger partial charge on any atom is 0.127 e. The van der Waals surface area contributed by atoms with Gasteiger partial charge in [-0.15, -0.1) is 0 Å². The highest BCUT2D eigenvalue weighted by molar-refractivity contribution is 5.52. The molecule has 1 fully saturated rings. The van der Waals surface area contributed by atoms with E-state index in [2.05, 4.69) is 15.6 Å². The van der Waals surface area contributed by atoms with Crippen molar-refractivity contribution in [3.63, 3.8) is 0 Å².